The third-order valence-corrected chi connectivity index (χ3v) is 3.89. The molecule has 0 heterocycles. The third kappa shape index (κ3) is 6.73. The van der Waals surface area contributed by atoms with E-state index in [1.54, 1.807) is 24.3 Å². The average molecular weight is 298 g/mol. The smallest absolute Gasteiger partial charge is 0.329 e. The highest BCUT2D eigenvalue weighted by molar-refractivity contribution is 7.86. The van der Waals surface area contributed by atoms with Crippen LogP contribution < -0.4 is 0 Å². The van der Waals surface area contributed by atoms with Gasteiger partial charge in [-0.25, -0.2) is 0 Å². The Hall–Kier alpha value is -1.33. The Balaban J connectivity index is 2.20. The zero-order valence-corrected chi connectivity index (χ0v) is 12.6. The first-order chi connectivity index (χ1) is 9.67. The monoisotopic (exact) mass is 298 g/mol. The summed E-state index contributed by atoms with van der Waals surface area (Å²) < 4.78 is 27.8. The molecule has 0 unspecified atom stereocenters. The van der Waals surface area contributed by atoms with E-state index >= 15 is 0 Å². The minimum absolute atomic E-state index is 0.0768. The van der Waals surface area contributed by atoms with E-state index in [2.05, 4.69) is 16.1 Å². The van der Waals surface area contributed by atoms with Gasteiger partial charge in [-0.3, -0.25) is 0 Å². The van der Waals surface area contributed by atoms with Gasteiger partial charge in [0.15, 0.2) is 0 Å². The molecule has 0 aliphatic heterocycles. The van der Waals surface area contributed by atoms with Gasteiger partial charge in [0, 0.05) is 0 Å². The van der Waals surface area contributed by atoms with Gasteiger partial charge in [-0.2, -0.15) is 8.42 Å². The predicted molar refractivity (Wildman–Crippen MR) is 78.3 cm³/mol. The van der Waals surface area contributed by atoms with Crippen LogP contribution in [0.3, 0.4) is 0 Å². The lowest BCUT2D eigenvalue weighted by Crippen LogP contribution is -2.04. The summed E-state index contributed by atoms with van der Waals surface area (Å²) in [7, 11) is -3.84. The highest BCUT2D eigenvalue weighted by Crippen LogP contribution is 2.11. The molecular formula is C15H22O4S. The van der Waals surface area contributed by atoms with Gasteiger partial charge in [-0.05, 0) is 31.1 Å². The van der Waals surface area contributed by atoms with Crippen molar-refractivity contribution in [1.82, 2.24) is 0 Å². The topological polar surface area (TPSA) is 52.6 Å². The molecule has 0 bridgehead atoms. The van der Waals surface area contributed by atoms with Crippen LogP contribution in [0.5, 0.6) is 0 Å². The second kappa shape index (κ2) is 9.55. The zero-order chi connectivity index (χ0) is 14.7. The van der Waals surface area contributed by atoms with E-state index in [9.17, 15) is 8.42 Å². The molecule has 0 aromatic heterocycles. The van der Waals surface area contributed by atoms with Gasteiger partial charge in [-0.1, -0.05) is 55.1 Å². The number of benzene rings is 1. The van der Waals surface area contributed by atoms with Crippen molar-refractivity contribution in [3.63, 3.8) is 0 Å². The number of rotatable bonds is 10. The van der Waals surface area contributed by atoms with E-state index in [1.165, 1.54) is 44.1 Å². The van der Waals surface area contributed by atoms with Gasteiger partial charge >= 0.3 is 10.1 Å². The van der Waals surface area contributed by atoms with Crippen molar-refractivity contribution in [3.05, 3.63) is 42.7 Å². The standard InChI is InChI=1S/C15H22O4S/c1-2-3-4-5-6-7-11-14-18-19-20(16,17)15-12-9-8-10-13-15/h8-14H,2-7H2,1H3. The molecule has 0 aliphatic carbocycles. The molecule has 0 spiro atoms. The van der Waals surface area contributed by atoms with Gasteiger partial charge in [-0.15, -0.1) is 0 Å². The summed E-state index contributed by atoms with van der Waals surface area (Å²) in [5.74, 6) is 0. The molecule has 112 valence electrons. The molecule has 0 saturated heterocycles. The number of hydrogen-bond acceptors (Lipinski definition) is 4. The van der Waals surface area contributed by atoms with Crippen LogP contribution in [0.4, 0.5) is 0 Å². The lowest BCUT2D eigenvalue weighted by atomic mass is 10.1. The molecule has 0 atom stereocenters. The molecule has 0 radical (unpaired) electrons. The van der Waals surface area contributed by atoms with Crippen molar-refractivity contribution in [1.29, 1.82) is 0 Å². The Morgan fingerprint density at radius 3 is 2.45 bits per heavy atom. The normalized spacial score (nSPS) is 11.8. The highest BCUT2D eigenvalue weighted by atomic mass is 32.2. The van der Waals surface area contributed by atoms with Crippen LogP contribution in [0, 0.1) is 0 Å². The number of hydrogen-bond donors (Lipinski definition) is 0. The maximum Gasteiger partial charge on any atom is 0.332 e. The number of allylic oxidation sites excluding steroid dienone is 1. The summed E-state index contributed by atoms with van der Waals surface area (Å²) >= 11 is 0. The van der Waals surface area contributed by atoms with Gasteiger partial charge < -0.3 is 4.89 Å². The van der Waals surface area contributed by atoms with Crippen LogP contribution >= 0.6 is 0 Å². The third-order valence-electron chi connectivity index (χ3n) is 2.79. The summed E-state index contributed by atoms with van der Waals surface area (Å²) in [4.78, 5) is 4.69. The molecular weight excluding hydrogens is 276 g/mol. The van der Waals surface area contributed by atoms with E-state index < -0.39 is 10.1 Å². The summed E-state index contributed by atoms with van der Waals surface area (Å²) in [6.07, 6.45) is 9.89. The van der Waals surface area contributed by atoms with E-state index in [4.69, 9.17) is 0 Å². The minimum Gasteiger partial charge on any atom is -0.329 e. The van der Waals surface area contributed by atoms with E-state index in [1.807, 2.05) is 0 Å². The Bertz CT molecular complexity index is 480. The Kier molecular flexibility index (Phi) is 7.99. The van der Waals surface area contributed by atoms with Gasteiger partial charge in [0.25, 0.3) is 0 Å². The SMILES string of the molecule is CCCCCCCC=COOS(=O)(=O)c1ccccc1. The molecule has 0 N–H and O–H groups in total. The second-order valence-electron chi connectivity index (χ2n) is 4.51. The predicted octanol–water partition coefficient (Wildman–Crippen LogP) is 4.20. The second-order valence-corrected chi connectivity index (χ2v) is 6.02. The van der Waals surface area contributed by atoms with Crippen molar-refractivity contribution in [2.45, 2.75) is 50.3 Å². The lowest BCUT2D eigenvalue weighted by molar-refractivity contribution is -0.142. The zero-order valence-electron chi connectivity index (χ0n) is 11.8. The summed E-state index contributed by atoms with van der Waals surface area (Å²) in [5, 5.41) is 0. The van der Waals surface area contributed by atoms with E-state index in [0.717, 1.165) is 12.8 Å². The van der Waals surface area contributed by atoms with Gasteiger partial charge in [0.2, 0.25) is 0 Å². The van der Waals surface area contributed by atoms with Crippen molar-refractivity contribution < 1.29 is 17.6 Å². The molecule has 20 heavy (non-hydrogen) atoms. The van der Waals surface area contributed by atoms with Crippen LogP contribution in [0.1, 0.15) is 45.4 Å². The van der Waals surface area contributed by atoms with Crippen LogP contribution in [0.25, 0.3) is 0 Å². The van der Waals surface area contributed by atoms with E-state index in [0.29, 0.717) is 0 Å². The molecule has 0 amide bonds. The first-order valence-corrected chi connectivity index (χ1v) is 8.37. The van der Waals surface area contributed by atoms with Gasteiger partial charge in [0.1, 0.15) is 6.26 Å². The fourth-order valence-corrected chi connectivity index (χ4v) is 2.39. The molecule has 5 heteroatoms. The maximum absolute atomic E-state index is 11.7. The van der Waals surface area contributed by atoms with E-state index in [-0.39, 0.29) is 4.90 Å². The summed E-state index contributed by atoms with van der Waals surface area (Å²) in [5.41, 5.74) is 0. The first-order valence-electron chi connectivity index (χ1n) is 6.97. The Morgan fingerprint density at radius 1 is 1.05 bits per heavy atom. The molecule has 0 fully saturated rings. The van der Waals surface area contributed by atoms with Crippen molar-refractivity contribution in [2.75, 3.05) is 0 Å². The average Bonchev–Trinajstić information content (AvgIpc) is 2.46. The summed E-state index contributed by atoms with van der Waals surface area (Å²) in [6.45, 7) is 2.18. The molecule has 0 saturated carbocycles. The van der Waals surface area contributed by atoms with Gasteiger partial charge in [0.05, 0.1) is 4.90 Å². The molecule has 0 aliphatic rings. The van der Waals surface area contributed by atoms with Crippen molar-refractivity contribution in [3.8, 4) is 0 Å². The van der Waals surface area contributed by atoms with Crippen molar-refractivity contribution >= 4 is 10.1 Å². The molecule has 1 rings (SSSR count). The minimum atomic E-state index is -3.84. The number of unbranched alkanes of at least 4 members (excludes halogenated alkanes) is 5. The van der Waals surface area contributed by atoms with Crippen molar-refractivity contribution in [2.24, 2.45) is 0 Å². The Labute approximate surface area is 121 Å². The van der Waals surface area contributed by atoms with Crippen LogP contribution in [0.15, 0.2) is 47.6 Å². The first kappa shape index (κ1) is 16.7. The molecule has 1 aromatic rings. The highest BCUT2D eigenvalue weighted by Gasteiger charge is 2.15. The van der Waals surface area contributed by atoms with Crippen LogP contribution in [-0.4, -0.2) is 8.42 Å². The fourth-order valence-electron chi connectivity index (χ4n) is 1.67. The summed E-state index contributed by atoms with van der Waals surface area (Å²) in [6, 6.07) is 7.90. The quantitative estimate of drug-likeness (QED) is 0.281. The fraction of sp³-hybridized carbons (Fsp3) is 0.467. The molecule has 1 aromatic carbocycles. The van der Waals surface area contributed by atoms with Crippen LogP contribution in [0.2, 0.25) is 0 Å². The maximum atomic E-state index is 11.7. The Morgan fingerprint density at radius 2 is 1.75 bits per heavy atom. The lowest BCUT2D eigenvalue weighted by Gasteiger charge is -2.01. The van der Waals surface area contributed by atoms with Crippen LogP contribution in [-0.2, 0) is 19.3 Å². The largest absolute Gasteiger partial charge is 0.332 e. The molecule has 4 nitrogen and oxygen atoms in total.